The van der Waals surface area contributed by atoms with Gasteiger partial charge in [-0.25, -0.2) is 4.98 Å². The molecule has 0 bridgehead atoms. The van der Waals surface area contributed by atoms with Crippen LogP contribution in [0.5, 0.6) is 5.88 Å². The first-order chi connectivity index (χ1) is 8.72. The second-order valence-corrected chi connectivity index (χ2v) is 4.09. The highest BCUT2D eigenvalue weighted by Gasteiger charge is 2.12. The van der Waals surface area contributed by atoms with Crippen molar-refractivity contribution in [1.29, 1.82) is 5.26 Å². The molecule has 0 radical (unpaired) electrons. The molecule has 1 unspecified atom stereocenters. The molecule has 0 saturated heterocycles. The predicted molar refractivity (Wildman–Crippen MR) is 69.2 cm³/mol. The summed E-state index contributed by atoms with van der Waals surface area (Å²) in [4.78, 5) is 4.13. The highest BCUT2D eigenvalue weighted by Crippen LogP contribution is 2.24. The second-order valence-electron chi connectivity index (χ2n) is 4.09. The zero-order valence-corrected chi connectivity index (χ0v) is 10.4. The number of rotatable bonds is 3. The van der Waals surface area contributed by atoms with Crippen molar-refractivity contribution in [1.82, 2.24) is 4.98 Å². The van der Waals surface area contributed by atoms with Gasteiger partial charge in [-0.05, 0) is 31.0 Å². The van der Waals surface area contributed by atoms with Crippen molar-refractivity contribution >= 4 is 0 Å². The smallest absolute Gasteiger partial charge is 0.232 e. The third-order valence-corrected chi connectivity index (χ3v) is 2.79. The van der Waals surface area contributed by atoms with Gasteiger partial charge in [0.25, 0.3) is 0 Å². The van der Waals surface area contributed by atoms with Gasteiger partial charge in [0, 0.05) is 6.20 Å². The van der Waals surface area contributed by atoms with E-state index in [1.54, 1.807) is 12.3 Å². The molecule has 0 aliphatic heterocycles. The van der Waals surface area contributed by atoms with Crippen molar-refractivity contribution in [3.63, 3.8) is 0 Å². The quantitative estimate of drug-likeness (QED) is 0.823. The predicted octanol–water partition coefficient (Wildman–Crippen LogP) is 3.40. The standard InChI is InChI=1S/C15H14N2O/c1-11-8-9-17-15(14(11)10-16)18-12(2)13-6-4-3-5-7-13/h3-9,12H,1-2H3. The summed E-state index contributed by atoms with van der Waals surface area (Å²) >= 11 is 0. The Labute approximate surface area is 107 Å². The van der Waals surface area contributed by atoms with Crippen LogP contribution in [-0.2, 0) is 0 Å². The van der Waals surface area contributed by atoms with E-state index >= 15 is 0 Å². The van der Waals surface area contributed by atoms with E-state index in [0.29, 0.717) is 11.4 Å². The zero-order valence-electron chi connectivity index (χ0n) is 10.4. The summed E-state index contributed by atoms with van der Waals surface area (Å²) < 4.78 is 5.77. The van der Waals surface area contributed by atoms with Gasteiger partial charge < -0.3 is 4.74 Å². The van der Waals surface area contributed by atoms with Gasteiger partial charge in [0.1, 0.15) is 17.7 Å². The summed E-state index contributed by atoms with van der Waals surface area (Å²) in [6.45, 7) is 3.82. The average molecular weight is 238 g/mol. The van der Waals surface area contributed by atoms with Crippen LogP contribution >= 0.6 is 0 Å². The minimum atomic E-state index is -0.132. The third-order valence-electron chi connectivity index (χ3n) is 2.79. The normalized spacial score (nSPS) is 11.6. The summed E-state index contributed by atoms with van der Waals surface area (Å²) in [6, 6.07) is 13.8. The van der Waals surface area contributed by atoms with E-state index in [2.05, 4.69) is 11.1 Å². The molecule has 2 aromatic rings. The molecule has 0 N–H and O–H groups in total. The lowest BCUT2D eigenvalue weighted by Crippen LogP contribution is -2.06. The molecule has 3 nitrogen and oxygen atoms in total. The van der Waals surface area contributed by atoms with E-state index in [9.17, 15) is 0 Å². The molecule has 90 valence electrons. The van der Waals surface area contributed by atoms with E-state index in [4.69, 9.17) is 10.00 Å². The summed E-state index contributed by atoms with van der Waals surface area (Å²) in [5, 5.41) is 9.11. The Bertz CT molecular complexity index is 573. The van der Waals surface area contributed by atoms with Crippen LogP contribution in [0.15, 0.2) is 42.6 Å². The molecule has 0 spiro atoms. The Hall–Kier alpha value is -2.34. The van der Waals surface area contributed by atoms with Crippen molar-refractivity contribution < 1.29 is 4.74 Å². The average Bonchev–Trinajstić information content (AvgIpc) is 2.40. The van der Waals surface area contributed by atoms with Crippen LogP contribution in [0.25, 0.3) is 0 Å². The fraction of sp³-hybridized carbons (Fsp3) is 0.200. The Morgan fingerprint density at radius 3 is 2.61 bits per heavy atom. The molecule has 3 heteroatoms. The minimum Gasteiger partial charge on any atom is -0.469 e. The monoisotopic (exact) mass is 238 g/mol. The summed E-state index contributed by atoms with van der Waals surface area (Å²) in [6.07, 6.45) is 1.52. The molecular weight excluding hydrogens is 224 g/mol. The van der Waals surface area contributed by atoms with E-state index in [1.807, 2.05) is 44.2 Å². The lowest BCUT2D eigenvalue weighted by atomic mass is 10.1. The van der Waals surface area contributed by atoms with Crippen LogP contribution < -0.4 is 4.74 Å². The molecule has 0 aliphatic carbocycles. The zero-order chi connectivity index (χ0) is 13.0. The van der Waals surface area contributed by atoms with Gasteiger partial charge >= 0.3 is 0 Å². The number of ether oxygens (including phenoxy) is 1. The lowest BCUT2D eigenvalue weighted by molar-refractivity contribution is 0.216. The number of nitriles is 1. The van der Waals surface area contributed by atoms with Crippen molar-refractivity contribution in [2.75, 3.05) is 0 Å². The second kappa shape index (κ2) is 5.33. The number of hydrogen-bond donors (Lipinski definition) is 0. The van der Waals surface area contributed by atoms with Crippen LogP contribution in [0.1, 0.15) is 29.7 Å². The van der Waals surface area contributed by atoms with Gasteiger partial charge in [-0.15, -0.1) is 0 Å². The van der Waals surface area contributed by atoms with Gasteiger partial charge in [-0.1, -0.05) is 30.3 Å². The highest BCUT2D eigenvalue weighted by atomic mass is 16.5. The lowest BCUT2D eigenvalue weighted by Gasteiger charge is -2.15. The molecule has 1 aromatic heterocycles. The van der Waals surface area contributed by atoms with Crippen molar-refractivity contribution in [3.05, 3.63) is 59.3 Å². The summed E-state index contributed by atoms with van der Waals surface area (Å²) in [5.74, 6) is 0.397. The fourth-order valence-electron chi connectivity index (χ4n) is 1.72. The molecular formula is C15H14N2O. The fourth-order valence-corrected chi connectivity index (χ4v) is 1.72. The van der Waals surface area contributed by atoms with Crippen LogP contribution in [0.4, 0.5) is 0 Å². The van der Waals surface area contributed by atoms with E-state index in [-0.39, 0.29) is 6.10 Å². The van der Waals surface area contributed by atoms with Gasteiger partial charge in [0.15, 0.2) is 0 Å². The number of nitrogens with zero attached hydrogens (tertiary/aromatic N) is 2. The number of aromatic nitrogens is 1. The molecule has 2 rings (SSSR count). The van der Waals surface area contributed by atoms with Crippen LogP contribution in [0, 0.1) is 18.3 Å². The van der Waals surface area contributed by atoms with E-state index < -0.39 is 0 Å². The molecule has 0 fully saturated rings. The van der Waals surface area contributed by atoms with Crippen molar-refractivity contribution in [2.45, 2.75) is 20.0 Å². The molecule has 0 aliphatic rings. The first kappa shape index (κ1) is 12.1. The van der Waals surface area contributed by atoms with Crippen LogP contribution in [0.2, 0.25) is 0 Å². The topological polar surface area (TPSA) is 45.9 Å². The minimum absolute atomic E-state index is 0.132. The van der Waals surface area contributed by atoms with Gasteiger partial charge in [-0.2, -0.15) is 5.26 Å². The van der Waals surface area contributed by atoms with Crippen molar-refractivity contribution in [3.8, 4) is 11.9 Å². The Balaban J connectivity index is 2.25. The first-order valence-electron chi connectivity index (χ1n) is 5.79. The molecule has 1 aromatic carbocycles. The maximum Gasteiger partial charge on any atom is 0.232 e. The molecule has 0 saturated carbocycles. The van der Waals surface area contributed by atoms with E-state index in [0.717, 1.165) is 11.1 Å². The molecule has 0 amide bonds. The van der Waals surface area contributed by atoms with Crippen LogP contribution in [-0.4, -0.2) is 4.98 Å². The Morgan fingerprint density at radius 1 is 1.22 bits per heavy atom. The molecule has 1 atom stereocenters. The largest absolute Gasteiger partial charge is 0.469 e. The maximum absolute atomic E-state index is 9.11. The van der Waals surface area contributed by atoms with E-state index in [1.165, 1.54) is 0 Å². The number of benzene rings is 1. The maximum atomic E-state index is 9.11. The van der Waals surface area contributed by atoms with Gasteiger partial charge in [-0.3, -0.25) is 0 Å². The first-order valence-corrected chi connectivity index (χ1v) is 5.79. The Morgan fingerprint density at radius 2 is 1.94 bits per heavy atom. The summed E-state index contributed by atoms with van der Waals surface area (Å²) in [7, 11) is 0. The number of hydrogen-bond acceptors (Lipinski definition) is 3. The Kier molecular flexibility index (Phi) is 3.59. The SMILES string of the molecule is Cc1ccnc(OC(C)c2ccccc2)c1C#N. The summed E-state index contributed by atoms with van der Waals surface area (Å²) in [5.41, 5.74) is 2.44. The number of aryl methyl sites for hydroxylation is 1. The highest BCUT2D eigenvalue weighted by molar-refractivity contribution is 5.43. The molecule has 1 heterocycles. The third kappa shape index (κ3) is 2.49. The number of pyridine rings is 1. The van der Waals surface area contributed by atoms with Crippen LogP contribution in [0.3, 0.4) is 0 Å². The van der Waals surface area contributed by atoms with Crippen molar-refractivity contribution in [2.24, 2.45) is 0 Å². The van der Waals surface area contributed by atoms with Gasteiger partial charge in [0.2, 0.25) is 5.88 Å². The molecule has 18 heavy (non-hydrogen) atoms. The van der Waals surface area contributed by atoms with Gasteiger partial charge in [0.05, 0.1) is 0 Å².